The molecule has 0 radical (unpaired) electrons. The van der Waals surface area contributed by atoms with E-state index in [1.165, 1.54) is 12.8 Å². The van der Waals surface area contributed by atoms with Crippen LogP contribution in [0.3, 0.4) is 0 Å². The Morgan fingerprint density at radius 1 is 1.53 bits per heavy atom. The van der Waals surface area contributed by atoms with Crippen LogP contribution in [0.2, 0.25) is 0 Å². The molecule has 96 valence electrons. The molecule has 1 heterocycles. The van der Waals surface area contributed by atoms with Crippen LogP contribution in [-0.4, -0.2) is 48.8 Å². The zero-order chi connectivity index (χ0) is 12.3. The molecule has 1 aliphatic heterocycles. The number of rotatable bonds is 5. The Hall–Kier alpha value is -0.630. The number of hydrogen-bond donors (Lipinski definition) is 1. The molecule has 0 spiro atoms. The maximum absolute atomic E-state index is 9.35. The first-order chi connectivity index (χ1) is 8.15. The zero-order valence-corrected chi connectivity index (χ0v) is 10.9. The molecule has 4 heteroatoms. The van der Waals surface area contributed by atoms with Gasteiger partial charge >= 0.3 is 0 Å². The van der Waals surface area contributed by atoms with E-state index in [0.717, 1.165) is 32.7 Å². The average molecular weight is 237 g/mol. The highest BCUT2D eigenvalue weighted by molar-refractivity contribution is 5.09. The van der Waals surface area contributed by atoms with Gasteiger partial charge in [-0.2, -0.15) is 5.26 Å². The Morgan fingerprint density at radius 2 is 2.29 bits per heavy atom. The fraction of sp³-hybridized carbons (Fsp3) is 0.923. The molecule has 17 heavy (non-hydrogen) atoms. The summed E-state index contributed by atoms with van der Waals surface area (Å²) in [5, 5.41) is 12.8. The van der Waals surface area contributed by atoms with Gasteiger partial charge in [-0.05, 0) is 26.2 Å². The third-order valence-corrected chi connectivity index (χ3v) is 3.56. The van der Waals surface area contributed by atoms with Gasteiger partial charge in [-0.25, -0.2) is 0 Å². The van der Waals surface area contributed by atoms with E-state index in [9.17, 15) is 5.26 Å². The molecule has 2 fully saturated rings. The van der Waals surface area contributed by atoms with Gasteiger partial charge in [-0.3, -0.25) is 10.2 Å². The number of nitrogens with one attached hydrogen (secondary N) is 1. The minimum Gasteiger partial charge on any atom is -0.376 e. The van der Waals surface area contributed by atoms with E-state index in [1.54, 1.807) is 0 Å². The Morgan fingerprint density at radius 3 is 2.88 bits per heavy atom. The van der Waals surface area contributed by atoms with E-state index in [-0.39, 0.29) is 0 Å². The van der Waals surface area contributed by atoms with Crippen molar-refractivity contribution < 1.29 is 4.74 Å². The van der Waals surface area contributed by atoms with Crippen LogP contribution in [0, 0.1) is 11.3 Å². The minimum atomic E-state index is -0.406. The summed E-state index contributed by atoms with van der Waals surface area (Å²) >= 11 is 0. The largest absolute Gasteiger partial charge is 0.376 e. The summed E-state index contributed by atoms with van der Waals surface area (Å²) in [6.45, 7) is 7.67. The molecule has 2 atom stereocenters. The Labute approximate surface area is 104 Å². The smallest absolute Gasteiger partial charge is 0.116 e. The molecule has 1 saturated heterocycles. The van der Waals surface area contributed by atoms with E-state index in [1.807, 2.05) is 6.92 Å². The van der Waals surface area contributed by atoms with Crippen molar-refractivity contribution in [2.24, 2.45) is 0 Å². The average Bonchev–Trinajstić information content (AvgIpc) is 3.13. The predicted octanol–water partition coefficient (Wildman–Crippen LogP) is 1.13. The van der Waals surface area contributed by atoms with Gasteiger partial charge in [-0.1, -0.05) is 6.92 Å². The van der Waals surface area contributed by atoms with E-state index in [2.05, 4.69) is 23.2 Å². The molecule has 2 aliphatic rings. The lowest BCUT2D eigenvalue weighted by molar-refractivity contribution is -0.0343. The van der Waals surface area contributed by atoms with Crippen molar-refractivity contribution in [3.8, 4) is 6.07 Å². The van der Waals surface area contributed by atoms with E-state index in [0.29, 0.717) is 12.1 Å². The van der Waals surface area contributed by atoms with Gasteiger partial charge in [0.25, 0.3) is 0 Å². The summed E-state index contributed by atoms with van der Waals surface area (Å²) in [4.78, 5) is 2.36. The highest BCUT2D eigenvalue weighted by Gasteiger charge is 2.35. The quantitative estimate of drug-likeness (QED) is 0.779. The Balaban J connectivity index is 1.86. The molecule has 0 aromatic carbocycles. The summed E-state index contributed by atoms with van der Waals surface area (Å²) in [7, 11) is 0. The maximum atomic E-state index is 9.35. The lowest BCUT2D eigenvalue weighted by Gasteiger charge is -2.37. The molecular formula is C13H23N3O. The fourth-order valence-electron chi connectivity index (χ4n) is 2.41. The van der Waals surface area contributed by atoms with E-state index >= 15 is 0 Å². The molecule has 1 aliphatic carbocycles. The molecule has 2 unspecified atom stereocenters. The van der Waals surface area contributed by atoms with Crippen LogP contribution >= 0.6 is 0 Å². The monoisotopic (exact) mass is 237 g/mol. The molecule has 1 saturated carbocycles. The molecular weight excluding hydrogens is 214 g/mol. The lowest BCUT2D eigenvalue weighted by atomic mass is 10.0. The third kappa shape index (κ3) is 3.67. The number of ether oxygens (including phenoxy) is 1. The van der Waals surface area contributed by atoms with Crippen molar-refractivity contribution in [1.82, 2.24) is 10.2 Å². The standard InChI is InChI=1S/C13H23N3O/c1-3-12-8-16(6-7-17-12)10-13(2,9-14)15-11-4-5-11/h11-12,15H,3-8,10H2,1-2H3. The van der Waals surface area contributed by atoms with Crippen molar-refractivity contribution in [2.45, 2.75) is 50.8 Å². The van der Waals surface area contributed by atoms with Gasteiger partial charge < -0.3 is 4.74 Å². The highest BCUT2D eigenvalue weighted by Crippen LogP contribution is 2.23. The van der Waals surface area contributed by atoms with Gasteiger partial charge in [0, 0.05) is 25.7 Å². The Bertz CT molecular complexity index is 298. The third-order valence-electron chi connectivity index (χ3n) is 3.56. The van der Waals surface area contributed by atoms with Gasteiger partial charge in [-0.15, -0.1) is 0 Å². The van der Waals surface area contributed by atoms with Gasteiger partial charge in [0.15, 0.2) is 0 Å². The van der Waals surface area contributed by atoms with Crippen LogP contribution in [0.15, 0.2) is 0 Å². The number of nitriles is 1. The second kappa shape index (κ2) is 5.34. The summed E-state index contributed by atoms with van der Waals surface area (Å²) in [5.74, 6) is 0. The van der Waals surface area contributed by atoms with Crippen LogP contribution in [0.25, 0.3) is 0 Å². The summed E-state index contributed by atoms with van der Waals surface area (Å²) in [6, 6.07) is 3.01. The van der Waals surface area contributed by atoms with Crippen molar-refractivity contribution in [3.05, 3.63) is 0 Å². The Kier molecular flexibility index (Phi) is 4.03. The second-order valence-corrected chi connectivity index (χ2v) is 5.50. The van der Waals surface area contributed by atoms with Crippen LogP contribution < -0.4 is 5.32 Å². The number of morpholine rings is 1. The molecule has 2 rings (SSSR count). The summed E-state index contributed by atoms with van der Waals surface area (Å²) in [5.41, 5.74) is -0.406. The van der Waals surface area contributed by atoms with Gasteiger partial charge in [0.2, 0.25) is 0 Å². The summed E-state index contributed by atoms with van der Waals surface area (Å²) in [6.07, 6.45) is 3.83. The SMILES string of the molecule is CCC1CN(CC(C)(C#N)NC2CC2)CCO1. The van der Waals surface area contributed by atoms with E-state index in [4.69, 9.17) is 4.74 Å². The van der Waals surface area contributed by atoms with Crippen LogP contribution in [0.1, 0.15) is 33.1 Å². The van der Waals surface area contributed by atoms with Crippen LogP contribution in [0.5, 0.6) is 0 Å². The maximum Gasteiger partial charge on any atom is 0.116 e. The van der Waals surface area contributed by atoms with Crippen molar-refractivity contribution in [1.29, 1.82) is 5.26 Å². The van der Waals surface area contributed by atoms with Crippen molar-refractivity contribution in [2.75, 3.05) is 26.2 Å². The topological polar surface area (TPSA) is 48.3 Å². The second-order valence-electron chi connectivity index (χ2n) is 5.50. The molecule has 0 aromatic heterocycles. The number of hydrogen-bond acceptors (Lipinski definition) is 4. The normalized spacial score (nSPS) is 29.6. The minimum absolute atomic E-state index is 0.340. The predicted molar refractivity (Wildman–Crippen MR) is 66.6 cm³/mol. The van der Waals surface area contributed by atoms with Crippen molar-refractivity contribution >= 4 is 0 Å². The van der Waals surface area contributed by atoms with Crippen LogP contribution in [0.4, 0.5) is 0 Å². The highest BCUT2D eigenvalue weighted by atomic mass is 16.5. The zero-order valence-electron chi connectivity index (χ0n) is 10.9. The van der Waals surface area contributed by atoms with Crippen LogP contribution in [-0.2, 0) is 4.74 Å². The van der Waals surface area contributed by atoms with E-state index < -0.39 is 5.54 Å². The summed E-state index contributed by atoms with van der Waals surface area (Å²) < 4.78 is 5.65. The lowest BCUT2D eigenvalue weighted by Crippen LogP contribution is -2.54. The van der Waals surface area contributed by atoms with Crippen molar-refractivity contribution in [3.63, 3.8) is 0 Å². The molecule has 4 nitrogen and oxygen atoms in total. The fourth-order valence-corrected chi connectivity index (χ4v) is 2.41. The van der Waals surface area contributed by atoms with Gasteiger partial charge in [0.05, 0.1) is 18.8 Å². The van der Waals surface area contributed by atoms with Gasteiger partial charge in [0.1, 0.15) is 5.54 Å². The molecule has 0 bridgehead atoms. The first-order valence-electron chi connectivity index (χ1n) is 6.68. The molecule has 0 aromatic rings. The number of nitrogens with zero attached hydrogens (tertiary/aromatic N) is 2. The molecule has 1 N–H and O–H groups in total. The first-order valence-corrected chi connectivity index (χ1v) is 6.68. The molecule has 0 amide bonds. The first kappa shape index (κ1) is 12.8.